The maximum absolute atomic E-state index is 12.1. The van der Waals surface area contributed by atoms with Gasteiger partial charge in [-0.15, -0.1) is 0 Å². The van der Waals surface area contributed by atoms with E-state index in [0.29, 0.717) is 0 Å². The lowest BCUT2D eigenvalue weighted by atomic mass is 10.2. The van der Waals surface area contributed by atoms with E-state index in [9.17, 15) is 13.2 Å². The summed E-state index contributed by atoms with van der Waals surface area (Å²) in [5.74, 6) is -0.689. The molecule has 0 aromatic rings. The summed E-state index contributed by atoms with van der Waals surface area (Å²) in [6.45, 7) is 0.983. The van der Waals surface area contributed by atoms with Gasteiger partial charge in [0, 0.05) is 6.04 Å². The lowest BCUT2D eigenvalue weighted by Gasteiger charge is -2.27. The Labute approximate surface area is 101 Å². The van der Waals surface area contributed by atoms with E-state index in [2.05, 4.69) is 0 Å². The number of sulfonamides is 1. The fourth-order valence-corrected chi connectivity index (χ4v) is 3.52. The van der Waals surface area contributed by atoms with Crippen LogP contribution in [0, 0.1) is 11.3 Å². The number of rotatable bonds is 5. The summed E-state index contributed by atoms with van der Waals surface area (Å²) in [6.07, 6.45) is 3.34. The number of carbonyl (C=O) groups excluding carboxylic acids is 1. The van der Waals surface area contributed by atoms with Crippen LogP contribution in [0.3, 0.4) is 0 Å². The first-order valence-corrected chi connectivity index (χ1v) is 7.08. The standard InChI is InChI=1S/C10H17N3O3S/c1-8(6-11)17(15,16)13(7-10(12)14)9-4-2-3-5-9/h8-9H,2-5,7H2,1H3,(H2,12,14). The topological polar surface area (TPSA) is 104 Å². The minimum Gasteiger partial charge on any atom is -0.369 e. The Morgan fingerprint density at radius 1 is 1.53 bits per heavy atom. The van der Waals surface area contributed by atoms with Crippen LogP contribution in [0.4, 0.5) is 0 Å². The molecule has 6 nitrogen and oxygen atoms in total. The summed E-state index contributed by atoms with van der Waals surface area (Å²) in [4.78, 5) is 11.0. The van der Waals surface area contributed by atoms with Gasteiger partial charge >= 0.3 is 0 Å². The first-order chi connectivity index (χ1) is 7.89. The molecule has 17 heavy (non-hydrogen) atoms. The molecule has 1 aliphatic rings. The van der Waals surface area contributed by atoms with Gasteiger partial charge in [-0.3, -0.25) is 4.79 Å². The van der Waals surface area contributed by atoms with Gasteiger partial charge < -0.3 is 5.73 Å². The van der Waals surface area contributed by atoms with Crippen LogP contribution in [-0.2, 0) is 14.8 Å². The smallest absolute Gasteiger partial charge is 0.232 e. The molecule has 96 valence electrons. The Morgan fingerprint density at radius 3 is 2.47 bits per heavy atom. The van der Waals surface area contributed by atoms with Crippen molar-refractivity contribution >= 4 is 15.9 Å². The van der Waals surface area contributed by atoms with Crippen LogP contribution in [0.5, 0.6) is 0 Å². The lowest BCUT2D eigenvalue weighted by Crippen LogP contribution is -2.47. The third-order valence-electron chi connectivity index (χ3n) is 3.00. The van der Waals surface area contributed by atoms with Crippen molar-refractivity contribution < 1.29 is 13.2 Å². The van der Waals surface area contributed by atoms with Gasteiger partial charge in [-0.1, -0.05) is 12.8 Å². The van der Waals surface area contributed by atoms with Crippen molar-refractivity contribution in [3.63, 3.8) is 0 Å². The number of primary amides is 1. The Kier molecular flexibility index (Phi) is 4.48. The van der Waals surface area contributed by atoms with E-state index >= 15 is 0 Å². The zero-order valence-electron chi connectivity index (χ0n) is 9.80. The van der Waals surface area contributed by atoms with Crippen molar-refractivity contribution in [1.82, 2.24) is 4.31 Å². The molecule has 0 saturated heterocycles. The van der Waals surface area contributed by atoms with E-state index < -0.39 is 21.2 Å². The van der Waals surface area contributed by atoms with Gasteiger partial charge in [-0.05, 0) is 19.8 Å². The maximum atomic E-state index is 12.1. The summed E-state index contributed by atoms with van der Waals surface area (Å²) < 4.78 is 25.3. The average molecular weight is 259 g/mol. The molecule has 1 rings (SSSR count). The number of amides is 1. The van der Waals surface area contributed by atoms with Crippen LogP contribution in [0.25, 0.3) is 0 Å². The Hall–Kier alpha value is -1.13. The summed E-state index contributed by atoms with van der Waals surface area (Å²) in [5.41, 5.74) is 5.07. The van der Waals surface area contributed by atoms with E-state index in [-0.39, 0.29) is 12.6 Å². The molecule has 1 aliphatic carbocycles. The molecule has 0 spiro atoms. The summed E-state index contributed by atoms with van der Waals surface area (Å²) in [7, 11) is -3.76. The number of nitrogens with zero attached hydrogens (tertiary/aromatic N) is 2. The fourth-order valence-electron chi connectivity index (χ4n) is 2.04. The zero-order chi connectivity index (χ0) is 13.1. The summed E-state index contributed by atoms with van der Waals surface area (Å²) >= 11 is 0. The second kappa shape index (κ2) is 5.47. The predicted octanol–water partition coefficient (Wildman–Crippen LogP) is -0.0418. The van der Waals surface area contributed by atoms with Gasteiger partial charge in [-0.2, -0.15) is 9.57 Å². The van der Waals surface area contributed by atoms with Gasteiger partial charge in [0.1, 0.15) is 0 Å². The third-order valence-corrected chi connectivity index (χ3v) is 5.08. The molecule has 0 bridgehead atoms. The Bertz CT molecular complexity index is 421. The molecular formula is C10H17N3O3S. The van der Waals surface area contributed by atoms with E-state index in [1.165, 1.54) is 6.92 Å². The van der Waals surface area contributed by atoms with Crippen molar-refractivity contribution in [3.05, 3.63) is 0 Å². The van der Waals surface area contributed by atoms with Crippen LogP contribution in [0.15, 0.2) is 0 Å². The largest absolute Gasteiger partial charge is 0.369 e. The summed E-state index contributed by atoms with van der Waals surface area (Å²) in [6, 6.07) is 1.51. The molecule has 1 fully saturated rings. The number of hydrogen-bond donors (Lipinski definition) is 1. The minimum atomic E-state index is -3.76. The van der Waals surface area contributed by atoms with Crippen molar-refractivity contribution in [2.45, 2.75) is 43.9 Å². The normalized spacial score (nSPS) is 19.1. The maximum Gasteiger partial charge on any atom is 0.232 e. The Balaban J connectivity index is 2.97. The fraction of sp³-hybridized carbons (Fsp3) is 0.800. The van der Waals surface area contributed by atoms with E-state index in [4.69, 9.17) is 11.0 Å². The van der Waals surface area contributed by atoms with Crippen LogP contribution in [-0.4, -0.2) is 36.5 Å². The Morgan fingerprint density at radius 2 is 2.06 bits per heavy atom. The molecule has 0 aromatic carbocycles. The monoisotopic (exact) mass is 259 g/mol. The van der Waals surface area contributed by atoms with Crippen LogP contribution < -0.4 is 5.73 Å². The molecule has 2 N–H and O–H groups in total. The van der Waals surface area contributed by atoms with Gasteiger partial charge in [0.15, 0.2) is 5.25 Å². The van der Waals surface area contributed by atoms with Crippen molar-refractivity contribution in [3.8, 4) is 6.07 Å². The van der Waals surface area contributed by atoms with E-state index in [0.717, 1.165) is 30.0 Å². The second-order valence-electron chi connectivity index (χ2n) is 4.27. The van der Waals surface area contributed by atoms with E-state index in [1.807, 2.05) is 0 Å². The first kappa shape index (κ1) is 13.9. The van der Waals surface area contributed by atoms with Gasteiger partial charge in [-0.25, -0.2) is 8.42 Å². The molecule has 7 heteroatoms. The number of carbonyl (C=O) groups is 1. The number of nitrogens with two attached hydrogens (primary N) is 1. The van der Waals surface area contributed by atoms with Crippen LogP contribution in [0.1, 0.15) is 32.6 Å². The average Bonchev–Trinajstić information content (AvgIpc) is 2.77. The molecule has 0 heterocycles. The molecule has 1 amide bonds. The highest BCUT2D eigenvalue weighted by Gasteiger charge is 2.36. The van der Waals surface area contributed by atoms with Crippen molar-refractivity contribution in [2.24, 2.45) is 5.73 Å². The van der Waals surface area contributed by atoms with Crippen LogP contribution >= 0.6 is 0 Å². The lowest BCUT2D eigenvalue weighted by molar-refractivity contribution is -0.118. The van der Waals surface area contributed by atoms with Gasteiger partial charge in [0.05, 0.1) is 12.6 Å². The number of nitriles is 1. The SMILES string of the molecule is CC(C#N)S(=O)(=O)N(CC(N)=O)C1CCCC1. The van der Waals surface area contributed by atoms with Gasteiger partial charge in [0.25, 0.3) is 0 Å². The molecule has 0 radical (unpaired) electrons. The van der Waals surface area contributed by atoms with E-state index in [1.54, 1.807) is 6.07 Å². The van der Waals surface area contributed by atoms with Crippen molar-refractivity contribution in [1.29, 1.82) is 5.26 Å². The number of hydrogen-bond acceptors (Lipinski definition) is 4. The highest BCUT2D eigenvalue weighted by Crippen LogP contribution is 2.26. The third kappa shape index (κ3) is 3.17. The quantitative estimate of drug-likeness (QED) is 0.747. The molecule has 1 atom stereocenters. The van der Waals surface area contributed by atoms with Crippen LogP contribution in [0.2, 0.25) is 0 Å². The van der Waals surface area contributed by atoms with Gasteiger partial charge in [0.2, 0.25) is 15.9 Å². The first-order valence-electron chi connectivity index (χ1n) is 5.58. The zero-order valence-corrected chi connectivity index (χ0v) is 10.6. The molecule has 0 aromatic heterocycles. The molecule has 1 unspecified atom stereocenters. The highest BCUT2D eigenvalue weighted by atomic mass is 32.2. The minimum absolute atomic E-state index is 0.191. The predicted molar refractivity (Wildman–Crippen MR) is 62.2 cm³/mol. The molecular weight excluding hydrogens is 242 g/mol. The van der Waals surface area contributed by atoms with Crippen molar-refractivity contribution in [2.75, 3.05) is 6.54 Å². The molecule has 1 saturated carbocycles. The summed E-state index contributed by atoms with van der Waals surface area (Å²) in [5, 5.41) is 7.57. The second-order valence-corrected chi connectivity index (χ2v) is 6.47. The highest BCUT2D eigenvalue weighted by molar-refractivity contribution is 7.90. The molecule has 0 aliphatic heterocycles.